The fourth-order valence-corrected chi connectivity index (χ4v) is 1.96. The second-order valence-electron chi connectivity index (χ2n) is 4.10. The van der Waals surface area contributed by atoms with E-state index in [4.69, 9.17) is 16.3 Å². The highest BCUT2D eigenvalue weighted by atomic mass is 35.5. The molecule has 0 aliphatic heterocycles. The Bertz CT molecular complexity index is 632. The van der Waals surface area contributed by atoms with Gasteiger partial charge in [0.1, 0.15) is 12.0 Å². The van der Waals surface area contributed by atoms with Crippen LogP contribution in [0.15, 0.2) is 18.2 Å². The Morgan fingerprint density at radius 2 is 1.95 bits per heavy atom. The monoisotopic (exact) mass is 291 g/mol. The van der Waals surface area contributed by atoms with Gasteiger partial charge in [0.25, 0.3) is 0 Å². The van der Waals surface area contributed by atoms with E-state index in [1.54, 1.807) is 12.1 Å². The van der Waals surface area contributed by atoms with Crippen molar-refractivity contribution >= 4 is 17.9 Å². The number of carbonyl (C=O) groups excluding carboxylic acids is 1. The number of benzene rings is 1. The molecule has 0 spiro atoms. The summed E-state index contributed by atoms with van der Waals surface area (Å²) in [5.41, 5.74) is 2.21. The van der Waals surface area contributed by atoms with Crippen molar-refractivity contribution in [3.8, 4) is 11.8 Å². The van der Waals surface area contributed by atoms with Crippen LogP contribution in [0.25, 0.3) is 0 Å². The van der Waals surface area contributed by atoms with Crippen LogP contribution in [0, 0.1) is 0 Å². The Balaban J connectivity index is 2.28. The van der Waals surface area contributed by atoms with Crippen molar-refractivity contribution in [3.63, 3.8) is 0 Å². The summed E-state index contributed by atoms with van der Waals surface area (Å²) in [4.78, 5) is 15.0. The number of carbonyl (C=O) groups is 1. The van der Waals surface area contributed by atoms with Crippen LogP contribution in [0.2, 0.25) is 5.02 Å². The Morgan fingerprint density at radius 3 is 2.55 bits per heavy atom. The summed E-state index contributed by atoms with van der Waals surface area (Å²) >= 11 is 6.03. The lowest BCUT2D eigenvalue weighted by Gasteiger charge is -2.08. The molecule has 2 aromatic rings. The molecule has 0 saturated carbocycles. The van der Waals surface area contributed by atoms with Gasteiger partial charge in [-0.1, -0.05) is 30.5 Å². The van der Waals surface area contributed by atoms with Gasteiger partial charge in [-0.05, 0) is 31.0 Å². The molecule has 0 atom stereocenters. The third-order valence-corrected chi connectivity index (χ3v) is 3.08. The van der Waals surface area contributed by atoms with Crippen LogP contribution in [0.3, 0.4) is 0 Å². The van der Waals surface area contributed by atoms with Gasteiger partial charge < -0.3 is 4.74 Å². The Morgan fingerprint density at radius 1 is 1.20 bits per heavy atom. The first-order chi connectivity index (χ1) is 9.67. The number of aromatic nitrogens is 3. The molecular formula is C14H14ClN3O2. The summed E-state index contributed by atoms with van der Waals surface area (Å²) in [6.45, 7) is 4.00. The third-order valence-electron chi connectivity index (χ3n) is 2.78. The maximum absolute atomic E-state index is 10.6. The van der Waals surface area contributed by atoms with Crippen molar-refractivity contribution in [3.05, 3.63) is 40.2 Å². The fraction of sp³-hybridized carbons (Fsp3) is 0.286. The molecule has 1 heterocycles. The van der Waals surface area contributed by atoms with Crippen molar-refractivity contribution in [1.82, 2.24) is 15.2 Å². The van der Waals surface area contributed by atoms with E-state index in [2.05, 4.69) is 15.2 Å². The van der Waals surface area contributed by atoms with E-state index < -0.39 is 0 Å². The van der Waals surface area contributed by atoms with Gasteiger partial charge in [-0.2, -0.15) is 4.98 Å². The minimum atomic E-state index is 0.153. The lowest BCUT2D eigenvalue weighted by atomic mass is 10.2. The zero-order chi connectivity index (χ0) is 14.5. The molecule has 0 amide bonds. The van der Waals surface area contributed by atoms with Gasteiger partial charge in [0, 0.05) is 5.56 Å². The summed E-state index contributed by atoms with van der Waals surface area (Å²) in [6.07, 6.45) is 2.25. The normalized spacial score (nSPS) is 10.3. The number of halogens is 1. The number of aryl methyl sites for hydroxylation is 2. The van der Waals surface area contributed by atoms with Gasteiger partial charge >= 0.3 is 6.01 Å². The summed E-state index contributed by atoms with van der Waals surface area (Å²) in [6, 6.07) is 4.90. The van der Waals surface area contributed by atoms with Crippen LogP contribution in [0.4, 0.5) is 0 Å². The third kappa shape index (κ3) is 3.11. The minimum absolute atomic E-state index is 0.153. The van der Waals surface area contributed by atoms with Crippen LogP contribution in [-0.4, -0.2) is 21.5 Å². The molecule has 0 saturated heterocycles. The molecule has 1 aromatic heterocycles. The molecule has 0 aliphatic carbocycles. The highest BCUT2D eigenvalue weighted by Crippen LogP contribution is 2.28. The van der Waals surface area contributed by atoms with E-state index >= 15 is 0 Å². The van der Waals surface area contributed by atoms with Gasteiger partial charge in [0.15, 0.2) is 0 Å². The summed E-state index contributed by atoms with van der Waals surface area (Å²) in [5.74, 6) is 0.394. The smallest absolute Gasteiger partial charge is 0.341 e. The average Bonchev–Trinajstić information content (AvgIpc) is 2.49. The van der Waals surface area contributed by atoms with Crippen molar-refractivity contribution in [2.45, 2.75) is 26.7 Å². The second-order valence-corrected chi connectivity index (χ2v) is 4.51. The topological polar surface area (TPSA) is 65.0 Å². The first-order valence-corrected chi connectivity index (χ1v) is 6.70. The Kier molecular flexibility index (Phi) is 4.63. The minimum Gasteiger partial charge on any atom is -0.422 e. The number of nitrogens with zero attached hydrogens (tertiary/aromatic N) is 3. The van der Waals surface area contributed by atoms with Crippen LogP contribution in [0.1, 0.15) is 35.6 Å². The molecule has 104 valence electrons. The van der Waals surface area contributed by atoms with E-state index in [0.29, 0.717) is 16.3 Å². The van der Waals surface area contributed by atoms with E-state index in [1.165, 1.54) is 6.07 Å². The molecule has 0 N–H and O–H groups in total. The first kappa shape index (κ1) is 14.4. The second kappa shape index (κ2) is 6.43. The van der Waals surface area contributed by atoms with Crippen LogP contribution in [-0.2, 0) is 12.8 Å². The zero-order valence-corrected chi connectivity index (χ0v) is 12.0. The molecule has 6 heteroatoms. The summed E-state index contributed by atoms with van der Waals surface area (Å²) in [5, 5.41) is 8.35. The van der Waals surface area contributed by atoms with Crippen LogP contribution in [0.5, 0.6) is 11.8 Å². The molecule has 0 radical (unpaired) electrons. The van der Waals surface area contributed by atoms with E-state index in [-0.39, 0.29) is 6.01 Å². The predicted octanol–water partition coefficient (Wildman–Crippen LogP) is 3.25. The van der Waals surface area contributed by atoms with Gasteiger partial charge in [0.05, 0.1) is 16.4 Å². The fourth-order valence-electron chi connectivity index (χ4n) is 1.74. The first-order valence-electron chi connectivity index (χ1n) is 6.33. The molecule has 1 aromatic carbocycles. The number of aldehydes is 1. The maximum Gasteiger partial charge on any atom is 0.341 e. The van der Waals surface area contributed by atoms with Gasteiger partial charge in [0.2, 0.25) is 0 Å². The van der Waals surface area contributed by atoms with Crippen molar-refractivity contribution in [1.29, 1.82) is 0 Å². The number of rotatable bonds is 5. The lowest BCUT2D eigenvalue weighted by Crippen LogP contribution is -2.04. The molecule has 20 heavy (non-hydrogen) atoms. The van der Waals surface area contributed by atoms with Gasteiger partial charge in [-0.25, -0.2) is 0 Å². The van der Waals surface area contributed by atoms with Crippen molar-refractivity contribution in [2.24, 2.45) is 0 Å². The highest BCUT2D eigenvalue weighted by Gasteiger charge is 2.10. The number of hydrogen-bond donors (Lipinski definition) is 0. The number of ether oxygens (including phenoxy) is 1. The zero-order valence-electron chi connectivity index (χ0n) is 11.3. The average molecular weight is 292 g/mol. The van der Waals surface area contributed by atoms with E-state index in [0.717, 1.165) is 30.5 Å². The molecule has 0 fully saturated rings. The van der Waals surface area contributed by atoms with E-state index in [1.807, 2.05) is 13.8 Å². The highest BCUT2D eigenvalue weighted by molar-refractivity contribution is 6.32. The van der Waals surface area contributed by atoms with Crippen molar-refractivity contribution in [2.75, 3.05) is 0 Å². The van der Waals surface area contributed by atoms with Crippen molar-refractivity contribution < 1.29 is 9.53 Å². The van der Waals surface area contributed by atoms with Gasteiger partial charge in [-0.3, -0.25) is 4.79 Å². The number of hydrogen-bond acceptors (Lipinski definition) is 5. The molecule has 0 bridgehead atoms. The van der Waals surface area contributed by atoms with Crippen LogP contribution < -0.4 is 4.74 Å². The molecule has 2 rings (SSSR count). The largest absolute Gasteiger partial charge is 0.422 e. The summed E-state index contributed by atoms with van der Waals surface area (Å²) in [7, 11) is 0. The molecule has 5 nitrogen and oxygen atoms in total. The quantitative estimate of drug-likeness (QED) is 0.791. The Labute approximate surface area is 122 Å². The SMILES string of the molecule is CCc1nnc(Oc2ccc(C=O)cc2Cl)nc1CC. The van der Waals surface area contributed by atoms with Crippen LogP contribution >= 0.6 is 11.6 Å². The van der Waals surface area contributed by atoms with E-state index in [9.17, 15) is 4.79 Å². The molecule has 0 aliphatic rings. The lowest BCUT2D eigenvalue weighted by molar-refractivity contribution is 0.112. The summed E-state index contributed by atoms with van der Waals surface area (Å²) < 4.78 is 5.52. The predicted molar refractivity (Wildman–Crippen MR) is 75.5 cm³/mol. The molecular weight excluding hydrogens is 278 g/mol. The Hall–Kier alpha value is -2.01. The van der Waals surface area contributed by atoms with Gasteiger partial charge in [-0.15, -0.1) is 5.10 Å². The molecule has 0 unspecified atom stereocenters. The standard InChI is InChI=1S/C14H14ClN3O2/c1-3-11-12(4-2)17-18-14(16-11)20-13-6-5-9(8-19)7-10(13)15/h5-8H,3-4H2,1-2H3. The maximum atomic E-state index is 10.6.